The zero-order chi connectivity index (χ0) is 9.68. The van der Waals surface area contributed by atoms with Crippen LogP contribution < -0.4 is 10.5 Å². The Labute approximate surface area is 76.8 Å². The minimum absolute atomic E-state index is 0.589. The molecule has 0 heterocycles. The van der Waals surface area contributed by atoms with E-state index >= 15 is 0 Å². The third kappa shape index (κ3) is 2.33. The van der Waals surface area contributed by atoms with Crippen LogP contribution in [0.5, 0.6) is 5.75 Å². The van der Waals surface area contributed by atoms with Gasteiger partial charge in [-0.05, 0) is 23.8 Å². The maximum absolute atomic E-state index is 10.1. The van der Waals surface area contributed by atoms with Crippen molar-refractivity contribution in [2.45, 2.75) is 0 Å². The van der Waals surface area contributed by atoms with Gasteiger partial charge in [0.2, 0.25) is 0 Å². The largest absolute Gasteiger partial charge is 0.495 e. The summed E-state index contributed by atoms with van der Waals surface area (Å²) >= 11 is 0. The summed E-state index contributed by atoms with van der Waals surface area (Å²) in [4.78, 5) is 10.1. The fourth-order valence-electron chi connectivity index (χ4n) is 0.982. The Balaban J connectivity index is 2.99. The predicted octanol–water partition coefficient (Wildman–Crippen LogP) is 1.49. The molecular formula is C10H11NO2. The zero-order valence-corrected chi connectivity index (χ0v) is 7.36. The van der Waals surface area contributed by atoms with Crippen LogP contribution in [0.3, 0.4) is 0 Å². The van der Waals surface area contributed by atoms with Crippen molar-refractivity contribution in [2.75, 3.05) is 12.8 Å². The number of carbonyl (C=O) groups excluding carboxylic acids is 1. The fourth-order valence-corrected chi connectivity index (χ4v) is 0.982. The van der Waals surface area contributed by atoms with Gasteiger partial charge in [0.1, 0.15) is 12.0 Å². The van der Waals surface area contributed by atoms with Crippen LogP contribution in [-0.4, -0.2) is 13.4 Å². The average Bonchev–Trinajstić information content (AvgIpc) is 2.16. The van der Waals surface area contributed by atoms with Gasteiger partial charge in [0, 0.05) is 0 Å². The monoisotopic (exact) mass is 177 g/mol. The lowest BCUT2D eigenvalue weighted by Gasteiger charge is -2.04. The Kier molecular flexibility index (Phi) is 3.09. The number of aldehydes is 1. The molecule has 13 heavy (non-hydrogen) atoms. The molecule has 0 aliphatic heterocycles. The summed E-state index contributed by atoms with van der Waals surface area (Å²) in [6.45, 7) is 0. The summed E-state index contributed by atoms with van der Waals surface area (Å²) in [7, 11) is 1.55. The Morgan fingerprint density at radius 3 is 2.85 bits per heavy atom. The van der Waals surface area contributed by atoms with Gasteiger partial charge in [0.25, 0.3) is 0 Å². The molecule has 1 aromatic rings. The van der Waals surface area contributed by atoms with Crippen LogP contribution in [0.2, 0.25) is 0 Å². The molecule has 0 atom stereocenters. The smallest absolute Gasteiger partial charge is 0.142 e. The van der Waals surface area contributed by atoms with Crippen LogP contribution in [0.1, 0.15) is 5.56 Å². The number of hydrogen-bond acceptors (Lipinski definition) is 3. The topological polar surface area (TPSA) is 52.3 Å². The minimum Gasteiger partial charge on any atom is -0.495 e. The molecule has 68 valence electrons. The van der Waals surface area contributed by atoms with Crippen molar-refractivity contribution in [3.8, 4) is 5.75 Å². The number of allylic oxidation sites excluding steroid dienone is 1. The molecule has 0 aromatic heterocycles. The van der Waals surface area contributed by atoms with Gasteiger partial charge in [0.15, 0.2) is 0 Å². The van der Waals surface area contributed by atoms with Crippen molar-refractivity contribution < 1.29 is 9.53 Å². The van der Waals surface area contributed by atoms with Crippen LogP contribution in [0.25, 0.3) is 6.08 Å². The quantitative estimate of drug-likeness (QED) is 0.432. The van der Waals surface area contributed by atoms with Gasteiger partial charge >= 0.3 is 0 Å². The van der Waals surface area contributed by atoms with Crippen LogP contribution in [0.4, 0.5) is 5.69 Å². The number of nitrogens with two attached hydrogens (primary N) is 1. The molecule has 0 bridgehead atoms. The summed E-state index contributed by atoms with van der Waals surface area (Å²) in [6.07, 6.45) is 3.84. The number of carbonyl (C=O) groups is 1. The number of ether oxygens (including phenoxy) is 1. The first-order valence-corrected chi connectivity index (χ1v) is 3.83. The standard InChI is InChI=1S/C10H11NO2/c1-13-10-7-8(3-2-6-12)4-5-9(10)11/h2-7H,11H2,1H3/b3-2+. The molecule has 0 saturated carbocycles. The molecule has 0 fully saturated rings. The fraction of sp³-hybridized carbons (Fsp3) is 0.100. The van der Waals surface area contributed by atoms with Crippen molar-refractivity contribution in [2.24, 2.45) is 0 Å². The maximum Gasteiger partial charge on any atom is 0.142 e. The lowest BCUT2D eigenvalue weighted by Crippen LogP contribution is -1.91. The van der Waals surface area contributed by atoms with E-state index in [1.165, 1.54) is 6.08 Å². The first-order valence-electron chi connectivity index (χ1n) is 3.83. The van der Waals surface area contributed by atoms with Crippen LogP contribution in [0.15, 0.2) is 24.3 Å². The van der Waals surface area contributed by atoms with E-state index in [1.54, 1.807) is 25.3 Å². The number of anilines is 1. The second-order valence-electron chi connectivity index (χ2n) is 2.50. The van der Waals surface area contributed by atoms with E-state index in [1.807, 2.05) is 6.07 Å². The lowest BCUT2D eigenvalue weighted by atomic mass is 10.2. The van der Waals surface area contributed by atoms with Crippen LogP contribution in [0, 0.1) is 0 Å². The molecule has 2 N–H and O–H groups in total. The third-order valence-electron chi connectivity index (χ3n) is 1.62. The van der Waals surface area contributed by atoms with E-state index in [0.29, 0.717) is 11.4 Å². The van der Waals surface area contributed by atoms with Crippen molar-refractivity contribution in [1.29, 1.82) is 0 Å². The van der Waals surface area contributed by atoms with Crippen LogP contribution in [-0.2, 0) is 4.79 Å². The molecule has 0 amide bonds. The Morgan fingerprint density at radius 1 is 1.46 bits per heavy atom. The number of rotatable bonds is 3. The van der Waals surface area contributed by atoms with Crippen molar-refractivity contribution in [1.82, 2.24) is 0 Å². The third-order valence-corrected chi connectivity index (χ3v) is 1.62. The highest BCUT2D eigenvalue weighted by Crippen LogP contribution is 2.22. The first-order chi connectivity index (χ1) is 6.27. The first kappa shape index (κ1) is 9.32. The second-order valence-corrected chi connectivity index (χ2v) is 2.50. The zero-order valence-electron chi connectivity index (χ0n) is 7.36. The average molecular weight is 177 g/mol. The van der Waals surface area contributed by atoms with Gasteiger partial charge in [0.05, 0.1) is 12.8 Å². The predicted molar refractivity (Wildman–Crippen MR) is 52.5 cm³/mol. The highest BCUT2D eigenvalue weighted by atomic mass is 16.5. The number of hydrogen-bond donors (Lipinski definition) is 1. The molecule has 0 aliphatic rings. The molecule has 1 aromatic carbocycles. The summed E-state index contributed by atoms with van der Waals surface area (Å²) in [5, 5.41) is 0. The summed E-state index contributed by atoms with van der Waals surface area (Å²) < 4.78 is 5.02. The van der Waals surface area contributed by atoms with Gasteiger partial charge in [-0.1, -0.05) is 12.1 Å². The lowest BCUT2D eigenvalue weighted by molar-refractivity contribution is -0.104. The molecule has 3 nitrogen and oxygen atoms in total. The molecule has 1 rings (SSSR count). The normalized spacial score (nSPS) is 10.2. The van der Waals surface area contributed by atoms with E-state index in [4.69, 9.17) is 10.5 Å². The number of methoxy groups -OCH3 is 1. The highest BCUT2D eigenvalue weighted by molar-refractivity contribution is 5.74. The van der Waals surface area contributed by atoms with E-state index in [0.717, 1.165) is 11.8 Å². The molecular weight excluding hydrogens is 166 g/mol. The van der Waals surface area contributed by atoms with Gasteiger partial charge < -0.3 is 10.5 Å². The molecule has 3 heteroatoms. The van der Waals surface area contributed by atoms with Crippen molar-refractivity contribution in [3.63, 3.8) is 0 Å². The molecule has 0 saturated heterocycles. The van der Waals surface area contributed by atoms with Gasteiger partial charge in [-0.25, -0.2) is 0 Å². The Hall–Kier alpha value is -1.77. The number of nitrogen functional groups attached to an aromatic ring is 1. The molecule has 0 aliphatic carbocycles. The molecule has 0 spiro atoms. The van der Waals surface area contributed by atoms with Crippen molar-refractivity contribution in [3.05, 3.63) is 29.8 Å². The van der Waals surface area contributed by atoms with Crippen LogP contribution >= 0.6 is 0 Å². The molecule has 0 unspecified atom stereocenters. The minimum atomic E-state index is 0.589. The summed E-state index contributed by atoms with van der Waals surface area (Å²) in [6, 6.07) is 5.33. The van der Waals surface area contributed by atoms with Gasteiger partial charge in [-0.2, -0.15) is 0 Å². The van der Waals surface area contributed by atoms with Gasteiger partial charge in [-0.15, -0.1) is 0 Å². The van der Waals surface area contributed by atoms with E-state index in [2.05, 4.69) is 0 Å². The second kappa shape index (κ2) is 4.30. The summed E-state index contributed by atoms with van der Waals surface area (Å²) in [5.41, 5.74) is 7.09. The van der Waals surface area contributed by atoms with Crippen molar-refractivity contribution >= 4 is 18.0 Å². The Morgan fingerprint density at radius 2 is 2.23 bits per heavy atom. The van der Waals surface area contributed by atoms with E-state index < -0.39 is 0 Å². The van der Waals surface area contributed by atoms with E-state index in [-0.39, 0.29) is 0 Å². The maximum atomic E-state index is 10.1. The SMILES string of the molecule is COc1cc(/C=C/C=O)ccc1N. The highest BCUT2D eigenvalue weighted by Gasteiger charge is 1.97. The van der Waals surface area contributed by atoms with Gasteiger partial charge in [-0.3, -0.25) is 4.79 Å². The molecule has 0 radical (unpaired) electrons. The summed E-state index contributed by atoms with van der Waals surface area (Å²) in [5.74, 6) is 0.619. The van der Waals surface area contributed by atoms with E-state index in [9.17, 15) is 4.79 Å². The number of benzene rings is 1. The Bertz CT molecular complexity index is 332.